The van der Waals surface area contributed by atoms with Gasteiger partial charge in [0.2, 0.25) is 12.4 Å². The maximum atomic E-state index is 11.9. The second-order valence-corrected chi connectivity index (χ2v) is 8.48. The van der Waals surface area contributed by atoms with Gasteiger partial charge in [0, 0.05) is 40.3 Å². The second-order valence-electron chi connectivity index (χ2n) is 8.48. The van der Waals surface area contributed by atoms with Gasteiger partial charge in [0.15, 0.2) is 18.0 Å². The summed E-state index contributed by atoms with van der Waals surface area (Å²) in [6, 6.07) is 4.28. The van der Waals surface area contributed by atoms with Crippen LogP contribution in [0, 0.1) is 10.1 Å². The molecule has 1 saturated heterocycles. The Morgan fingerprint density at radius 1 is 0.919 bits per heavy atom. The molecule has 1 heterocycles. The molecular weight excluding hydrogens is 496 g/mol. The van der Waals surface area contributed by atoms with E-state index in [9.17, 15) is 29.3 Å². The highest BCUT2D eigenvalue weighted by Gasteiger charge is 2.53. The molecule has 5 atom stereocenters. The summed E-state index contributed by atoms with van der Waals surface area (Å²) in [5, 5.41) is 11.8. The second kappa shape index (κ2) is 13.0. The quantitative estimate of drug-likeness (QED) is 0.184. The van der Waals surface area contributed by atoms with E-state index in [2.05, 4.69) is 0 Å². The van der Waals surface area contributed by atoms with Crippen molar-refractivity contribution in [2.75, 3.05) is 20.7 Å². The van der Waals surface area contributed by atoms with Crippen molar-refractivity contribution < 1.29 is 52.5 Å². The molecule has 1 aromatic carbocycles. The van der Waals surface area contributed by atoms with Gasteiger partial charge in [-0.15, -0.1) is 0 Å². The van der Waals surface area contributed by atoms with Crippen LogP contribution in [0.25, 0.3) is 0 Å². The van der Waals surface area contributed by atoms with Gasteiger partial charge in [-0.3, -0.25) is 29.3 Å². The van der Waals surface area contributed by atoms with Crippen molar-refractivity contribution in [1.82, 2.24) is 4.90 Å². The van der Waals surface area contributed by atoms with Crippen LogP contribution in [0.15, 0.2) is 18.2 Å². The molecule has 37 heavy (non-hydrogen) atoms. The van der Waals surface area contributed by atoms with E-state index < -0.39 is 71.8 Å². The van der Waals surface area contributed by atoms with Gasteiger partial charge < -0.3 is 33.3 Å². The van der Waals surface area contributed by atoms with Crippen molar-refractivity contribution in [3.63, 3.8) is 0 Å². The standard InChI is InChI=1S/C23H30N2O12/c1-12(26)32-11-19-20(33-13(2)27)21(34-14(3)28)22(35-15(4)29)23(37-19)36-18-8-7-16(10-24(5)6)9-17(18)25(30)31/h7-9,19-23H,10-11H2,1-6H3/t19-,20+,21+,22-,23-/m1/s1. The molecule has 14 heteroatoms. The molecule has 0 radical (unpaired) electrons. The van der Waals surface area contributed by atoms with Crippen LogP contribution in [0.1, 0.15) is 33.3 Å². The van der Waals surface area contributed by atoms with Gasteiger partial charge in [0.05, 0.1) is 4.92 Å². The minimum Gasteiger partial charge on any atom is -0.463 e. The van der Waals surface area contributed by atoms with E-state index in [4.69, 9.17) is 28.4 Å². The predicted octanol–water partition coefficient (Wildman–Crippen LogP) is 1.12. The monoisotopic (exact) mass is 526 g/mol. The number of ether oxygens (including phenoxy) is 6. The zero-order chi connectivity index (χ0) is 27.9. The van der Waals surface area contributed by atoms with Crippen molar-refractivity contribution in [1.29, 1.82) is 0 Å². The summed E-state index contributed by atoms with van der Waals surface area (Å²) in [6.45, 7) is 4.35. The Morgan fingerprint density at radius 2 is 1.49 bits per heavy atom. The Hall–Kier alpha value is -3.78. The molecular formula is C23H30N2O12. The van der Waals surface area contributed by atoms with Crippen molar-refractivity contribution in [3.8, 4) is 5.75 Å². The number of nitro benzene ring substituents is 1. The van der Waals surface area contributed by atoms with E-state index in [0.29, 0.717) is 12.1 Å². The lowest BCUT2D eigenvalue weighted by atomic mass is 9.98. The lowest BCUT2D eigenvalue weighted by Gasteiger charge is -2.43. The molecule has 0 aliphatic carbocycles. The summed E-state index contributed by atoms with van der Waals surface area (Å²) in [4.78, 5) is 60.0. The minimum atomic E-state index is -1.58. The van der Waals surface area contributed by atoms with Crippen LogP contribution >= 0.6 is 0 Å². The van der Waals surface area contributed by atoms with Crippen molar-refractivity contribution in [2.45, 2.75) is 64.9 Å². The van der Waals surface area contributed by atoms with E-state index in [1.54, 1.807) is 20.2 Å². The number of hydrogen-bond donors (Lipinski definition) is 0. The van der Waals surface area contributed by atoms with Gasteiger partial charge in [-0.1, -0.05) is 6.07 Å². The lowest BCUT2D eigenvalue weighted by molar-refractivity contribution is -0.387. The number of nitro groups is 1. The van der Waals surface area contributed by atoms with Crippen LogP contribution in [0.3, 0.4) is 0 Å². The number of nitrogens with zero attached hydrogens (tertiary/aromatic N) is 2. The van der Waals surface area contributed by atoms with Gasteiger partial charge in [-0.25, -0.2) is 0 Å². The molecule has 0 bridgehead atoms. The third-order valence-corrected chi connectivity index (χ3v) is 4.91. The average Bonchev–Trinajstić information content (AvgIpc) is 2.76. The van der Waals surface area contributed by atoms with Crippen LogP contribution in [-0.2, 0) is 49.4 Å². The van der Waals surface area contributed by atoms with E-state index in [1.165, 1.54) is 12.1 Å². The molecule has 0 spiro atoms. The Balaban J connectivity index is 2.54. The summed E-state index contributed by atoms with van der Waals surface area (Å²) in [5.74, 6) is -3.33. The highest BCUT2D eigenvalue weighted by atomic mass is 16.7. The number of benzene rings is 1. The summed E-state index contributed by atoms with van der Waals surface area (Å²) in [6.07, 6.45) is -7.18. The Morgan fingerprint density at radius 3 is 2.00 bits per heavy atom. The molecule has 204 valence electrons. The Kier molecular flexibility index (Phi) is 10.3. The number of hydrogen-bond acceptors (Lipinski definition) is 13. The summed E-state index contributed by atoms with van der Waals surface area (Å²) in [7, 11) is 3.60. The molecule has 0 saturated carbocycles. The Bertz CT molecular complexity index is 1030. The minimum absolute atomic E-state index is 0.228. The molecule has 14 nitrogen and oxygen atoms in total. The highest BCUT2D eigenvalue weighted by Crippen LogP contribution is 2.35. The average molecular weight is 526 g/mol. The van der Waals surface area contributed by atoms with Gasteiger partial charge in [-0.2, -0.15) is 0 Å². The van der Waals surface area contributed by atoms with Gasteiger partial charge in [0.25, 0.3) is 0 Å². The van der Waals surface area contributed by atoms with E-state index in [0.717, 1.165) is 27.7 Å². The van der Waals surface area contributed by atoms with E-state index in [-0.39, 0.29) is 5.75 Å². The fraction of sp³-hybridized carbons (Fsp3) is 0.565. The molecule has 2 rings (SSSR count). The van der Waals surface area contributed by atoms with Crippen LogP contribution in [0.4, 0.5) is 5.69 Å². The number of carbonyl (C=O) groups is 4. The summed E-state index contributed by atoms with van der Waals surface area (Å²) in [5.41, 5.74) is 0.234. The van der Waals surface area contributed by atoms with Crippen LogP contribution in [0.2, 0.25) is 0 Å². The normalized spacial score (nSPS) is 23.1. The zero-order valence-corrected chi connectivity index (χ0v) is 21.3. The smallest absolute Gasteiger partial charge is 0.311 e. The van der Waals surface area contributed by atoms with Crippen LogP contribution in [-0.4, -0.2) is 85.1 Å². The molecule has 1 aliphatic rings. The topological polar surface area (TPSA) is 170 Å². The SMILES string of the molecule is CC(=O)OC[C@H]1O[C@@H](Oc2ccc(CN(C)C)cc2[N+](=O)[O-])[C@H](OC(C)=O)[C@@H](OC(C)=O)[C@H]1OC(C)=O. The largest absolute Gasteiger partial charge is 0.463 e. The first-order valence-electron chi connectivity index (χ1n) is 11.2. The third-order valence-electron chi connectivity index (χ3n) is 4.91. The summed E-state index contributed by atoms with van der Waals surface area (Å²) < 4.78 is 32.6. The maximum absolute atomic E-state index is 11.9. The van der Waals surface area contributed by atoms with Crippen LogP contribution in [0.5, 0.6) is 5.75 Å². The number of carbonyl (C=O) groups excluding carboxylic acids is 4. The molecule has 0 amide bonds. The molecule has 1 fully saturated rings. The first kappa shape index (κ1) is 29.5. The zero-order valence-electron chi connectivity index (χ0n) is 21.3. The fourth-order valence-electron chi connectivity index (χ4n) is 3.68. The van der Waals surface area contributed by atoms with Gasteiger partial charge in [0.1, 0.15) is 12.7 Å². The molecule has 0 aromatic heterocycles. The lowest BCUT2D eigenvalue weighted by Crippen LogP contribution is -2.63. The molecule has 1 aliphatic heterocycles. The van der Waals surface area contributed by atoms with Crippen LogP contribution < -0.4 is 4.74 Å². The fourth-order valence-corrected chi connectivity index (χ4v) is 3.68. The molecule has 0 unspecified atom stereocenters. The predicted molar refractivity (Wildman–Crippen MR) is 123 cm³/mol. The highest BCUT2D eigenvalue weighted by molar-refractivity contribution is 5.68. The third kappa shape index (κ3) is 8.68. The number of rotatable bonds is 10. The molecule has 1 aromatic rings. The Labute approximate surface area is 212 Å². The summed E-state index contributed by atoms with van der Waals surface area (Å²) >= 11 is 0. The first-order valence-corrected chi connectivity index (χ1v) is 11.2. The van der Waals surface area contributed by atoms with Crippen molar-refractivity contribution in [2.24, 2.45) is 0 Å². The molecule has 0 N–H and O–H groups in total. The van der Waals surface area contributed by atoms with E-state index in [1.807, 2.05) is 4.90 Å². The first-order chi connectivity index (χ1) is 17.3. The van der Waals surface area contributed by atoms with E-state index >= 15 is 0 Å². The van der Waals surface area contributed by atoms with Gasteiger partial charge in [-0.05, 0) is 25.7 Å². The number of esters is 4. The van der Waals surface area contributed by atoms with Crippen molar-refractivity contribution in [3.05, 3.63) is 33.9 Å². The van der Waals surface area contributed by atoms with Gasteiger partial charge >= 0.3 is 29.6 Å². The maximum Gasteiger partial charge on any atom is 0.311 e. The van der Waals surface area contributed by atoms with Crippen molar-refractivity contribution >= 4 is 29.6 Å².